The van der Waals surface area contributed by atoms with Crippen LogP contribution in [0.4, 0.5) is 5.69 Å². The smallest absolute Gasteiger partial charge is 0.238 e. The van der Waals surface area contributed by atoms with Crippen LogP contribution in [0.25, 0.3) is 0 Å². The molecular weight excluding hydrogens is 286 g/mol. The lowest BCUT2D eigenvalue weighted by Crippen LogP contribution is -2.35. The number of carbonyl (C=O) groups excluding carboxylic acids is 2. The van der Waals surface area contributed by atoms with Crippen LogP contribution < -0.4 is 4.90 Å². The lowest BCUT2D eigenvalue weighted by atomic mass is 9.85. The van der Waals surface area contributed by atoms with Gasteiger partial charge in [0.2, 0.25) is 11.8 Å². The zero-order valence-corrected chi connectivity index (χ0v) is 13.8. The van der Waals surface area contributed by atoms with Crippen LogP contribution >= 0.6 is 0 Å². The van der Waals surface area contributed by atoms with E-state index in [2.05, 4.69) is 24.3 Å². The van der Waals surface area contributed by atoms with Crippen LogP contribution in [0.3, 0.4) is 0 Å². The van der Waals surface area contributed by atoms with E-state index in [4.69, 9.17) is 0 Å². The SMILES string of the molecule is Cc1cc(C)c(N2C(=O)[C@@H]3[C@H](C2=O)[C@H]2C=C[C@@H]3C23CC3)c(C)c1. The molecule has 2 amide bonds. The van der Waals surface area contributed by atoms with E-state index >= 15 is 0 Å². The Hall–Kier alpha value is -1.90. The van der Waals surface area contributed by atoms with Gasteiger partial charge in [0.15, 0.2) is 0 Å². The molecule has 1 aromatic carbocycles. The third kappa shape index (κ3) is 1.42. The zero-order chi connectivity index (χ0) is 16.1. The number of allylic oxidation sites excluding steroid dienone is 2. The highest BCUT2D eigenvalue weighted by molar-refractivity contribution is 6.23. The average Bonchev–Trinajstić information content (AvgIpc) is 3.08. The Morgan fingerprint density at radius 2 is 1.39 bits per heavy atom. The van der Waals surface area contributed by atoms with Gasteiger partial charge in [-0.05, 0) is 62.0 Å². The summed E-state index contributed by atoms with van der Waals surface area (Å²) in [4.78, 5) is 27.8. The van der Waals surface area contributed by atoms with Gasteiger partial charge >= 0.3 is 0 Å². The van der Waals surface area contributed by atoms with Crippen molar-refractivity contribution in [1.29, 1.82) is 0 Å². The number of benzene rings is 1. The Bertz CT molecular complexity index is 745. The number of fused-ring (bicyclic) bond motifs is 3. The molecule has 0 N–H and O–H groups in total. The highest BCUT2D eigenvalue weighted by Crippen LogP contribution is 2.73. The molecule has 3 aliphatic carbocycles. The Kier molecular flexibility index (Phi) is 2.32. The lowest BCUT2D eigenvalue weighted by molar-refractivity contribution is -0.123. The van der Waals surface area contributed by atoms with Crippen LogP contribution in [0.2, 0.25) is 0 Å². The number of anilines is 1. The Labute approximate surface area is 136 Å². The second-order valence-corrected chi connectivity index (χ2v) is 7.98. The van der Waals surface area contributed by atoms with Crippen molar-refractivity contribution in [2.75, 3.05) is 4.90 Å². The molecule has 0 radical (unpaired) electrons. The fourth-order valence-corrected chi connectivity index (χ4v) is 5.82. The minimum Gasteiger partial charge on any atom is -0.274 e. The minimum atomic E-state index is -0.111. The number of nitrogens with zero attached hydrogens (tertiary/aromatic N) is 1. The summed E-state index contributed by atoms with van der Waals surface area (Å²) in [6, 6.07) is 4.12. The molecule has 1 aliphatic heterocycles. The van der Waals surface area contributed by atoms with Crippen LogP contribution in [0.5, 0.6) is 0 Å². The second-order valence-electron chi connectivity index (χ2n) is 7.98. The van der Waals surface area contributed by atoms with Gasteiger partial charge in [-0.3, -0.25) is 9.59 Å². The van der Waals surface area contributed by atoms with E-state index in [1.54, 1.807) is 0 Å². The maximum absolute atomic E-state index is 13.2. The van der Waals surface area contributed by atoms with Gasteiger partial charge < -0.3 is 0 Å². The van der Waals surface area contributed by atoms with Crippen molar-refractivity contribution in [3.8, 4) is 0 Å². The molecule has 3 nitrogen and oxygen atoms in total. The lowest BCUT2D eigenvalue weighted by Gasteiger charge is -2.24. The minimum absolute atomic E-state index is 0.0400. The molecule has 0 aromatic heterocycles. The Balaban J connectivity index is 1.62. The maximum Gasteiger partial charge on any atom is 0.238 e. The van der Waals surface area contributed by atoms with Crippen molar-refractivity contribution in [3.63, 3.8) is 0 Å². The van der Waals surface area contributed by atoms with Gasteiger partial charge in [-0.1, -0.05) is 29.8 Å². The molecule has 1 saturated heterocycles. The average molecular weight is 307 g/mol. The van der Waals surface area contributed by atoms with E-state index in [0.717, 1.165) is 16.8 Å². The Morgan fingerprint density at radius 3 is 1.83 bits per heavy atom. The summed E-state index contributed by atoms with van der Waals surface area (Å²) in [5, 5.41) is 0. The number of hydrogen-bond donors (Lipinski definition) is 0. The van der Waals surface area contributed by atoms with Crippen molar-refractivity contribution in [3.05, 3.63) is 41.0 Å². The molecule has 1 heterocycles. The highest BCUT2D eigenvalue weighted by atomic mass is 16.2. The first kappa shape index (κ1) is 13.5. The van der Waals surface area contributed by atoms with Gasteiger partial charge in [0, 0.05) is 0 Å². The van der Waals surface area contributed by atoms with Crippen LogP contribution in [0, 0.1) is 49.9 Å². The van der Waals surface area contributed by atoms with Crippen molar-refractivity contribution in [2.24, 2.45) is 29.1 Å². The number of amides is 2. The van der Waals surface area contributed by atoms with E-state index in [-0.39, 0.29) is 29.1 Å². The molecule has 2 saturated carbocycles. The molecule has 4 atom stereocenters. The third-order valence-corrected chi connectivity index (χ3v) is 6.71. The summed E-state index contributed by atoms with van der Waals surface area (Å²) in [5.74, 6) is 0.451. The summed E-state index contributed by atoms with van der Waals surface area (Å²) in [7, 11) is 0. The number of hydrogen-bond acceptors (Lipinski definition) is 2. The van der Waals surface area contributed by atoms with Crippen molar-refractivity contribution >= 4 is 17.5 Å². The summed E-state index contributed by atoms with van der Waals surface area (Å²) in [6.07, 6.45) is 6.82. The predicted octanol–water partition coefficient (Wildman–Crippen LogP) is 3.31. The quantitative estimate of drug-likeness (QED) is 0.589. The molecule has 3 heteroatoms. The fraction of sp³-hybridized carbons (Fsp3) is 0.500. The second kappa shape index (κ2) is 3.95. The number of aryl methyl sites for hydroxylation is 3. The summed E-state index contributed by atoms with van der Waals surface area (Å²) in [5.41, 5.74) is 4.30. The summed E-state index contributed by atoms with van der Waals surface area (Å²) >= 11 is 0. The van der Waals surface area contributed by atoms with Crippen molar-refractivity contribution < 1.29 is 9.59 Å². The first-order valence-corrected chi connectivity index (χ1v) is 8.60. The molecule has 2 bridgehead atoms. The molecular formula is C20H21NO2. The van der Waals surface area contributed by atoms with Crippen molar-refractivity contribution in [2.45, 2.75) is 33.6 Å². The van der Waals surface area contributed by atoms with Crippen LogP contribution in [0.1, 0.15) is 29.5 Å². The van der Waals surface area contributed by atoms with Gasteiger partial charge in [-0.15, -0.1) is 0 Å². The number of rotatable bonds is 1. The topological polar surface area (TPSA) is 37.4 Å². The third-order valence-electron chi connectivity index (χ3n) is 6.71. The van der Waals surface area contributed by atoms with Gasteiger partial charge in [0.1, 0.15) is 0 Å². The van der Waals surface area contributed by atoms with Gasteiger partial charge in [-0.25, -0.2) is 4.90 Å². The first-order valence-electron chi connectivity index (χ1n) is 8.60. The summed E-state index contributed by atoms with van der Waals surface area (Å²) in [6.45, 7) is 6.05. The normalized spacial score (nSPS) is 35.5. The van der Waals surface area contributed by atoms with Gasteiger partial charge in [0.05, 0.1) is 17.5 Å². The van der Waals surface area contributed by atoms with Crippen molar-refractivity contribution in [1.82, 2.24) is 0 Å². The molecule has 23 heavy (non-hydrogen) atoms. The first-order chi connectivity index (χ1) is 11.0. The number of carbonyl (C=O) groups is 2. The maximum atomic E-state index is 13.2. The largest absolute Gasteiger partial charge is 0.274 e. The molecule has 1 aromatic rings. The van der Waals surface area contributed by atoms with E-state index in [9.17, 15) is 9.59 Å². The molecule has 3 fully saturated rings. The highest BCUT2D eigenvalue weighted by Gasteiger charge is 2.73. The standard InChI is InChI=1S/C20H21NO2/c1-10-8-11(2)17(12(3)9-10)21-18(22)15-13-4-5-14(16(15)19(21)23)20(13)6-7-20/h4-5,8-9,13-16H,6-7H2,1-3H3/t13-,14+,15-,16+. The molecule has 118 valence electrons. The van der Waals surface area contributed by atoms with Crippen LogP contribution in [0.15, 0.2) is 24.3 Å². The monoisotopic (exact) mass is 307 g/mol. The fourth-order valence-electron chi connectivity index (χ4n) is 5.82. The van der Waals surface area contributed by atoms with Gasteiger partial charge in [0.25, 0.3) is 0 Å². The zero-order valence-electron chi connectivity index (χ0n) is 13.8. The van der Waals surface area contributed by atoms with Crippen LogP contribution in [-0.2, 0) is 9.59 Å². The molecule has 1 spiro atoms. The molecule has 5 rings (SSSR count). The Morgan fingerprint density at radius 1 is 0.913 bits per heavy atom. The van der Waals surface area contributed by atoms with E-state index in [1.807, 2.05) is 20.8 Å². The summed E-state index contributed by atoms with van der Waals surface area (Å²) < 4.78 is 0. The van der Waals surface area contributed by atoms with E-state index in [0.29, 0.717) is 11.8 Å². The molecule has 4 aliphatic rings. The number of imide groups is 1. The predicted molar refractivity (Wildman–Crippen MR) is 87.9 cm³/mol. The van der Waals surface area contributed by atoms with E-state index < -0.39 is 0 Å². The van der Waals surface area contributed by atoms with Gasteiger partial charge in [-0.2, -0.15) is 0 Å². The molecule has 0 unspecified atom stereocenters. The van der Waals surface area contributed by atoms with E-state index in [1.165, 1.54) is 23.3 Å². The van der Waals surface area contributed by atoms with Crippen LogP contribution in [-0.4, -0.2) is 11.8 Å².